The summed E-state index contributed by atoms with van der Waals surface area (Å²) in [4.78, 5) is 25.7. The first-order chi connectivity index (χ1) is 12.0. The Hall–Kier alpha value is -3.02. The minimum Gasteiger partial charge on any atom is -0.497 e. The first-order valence-electron chi connectivity index (χ1n) is 7.83. The highest BCUT2D eigenvalue weighted by atomic mass is 16.5. The molecule has 2 rings (SSSR count). The van der Waals surface area contributed by atoms with Crippen LogP contribution in [0.5, 0.6) is 5.75 Å². The van der Waals surface area contributed by atoms with Crippen molar-refractivity contribution in [2.24, 2.45) is 0 Å². The van der Waals surface area contributed by atoms with Crippen LogP contribution in [0, 0.1) is 0 Å². The summed E-state index contributed by atoms with van der Waals surface area (Å²) in [7, 11) is 5.43. The standard InChI is InChI=1S/C19H22N2O4/c1-21(2)16-8-6-15(7-9-16)19(23)25-13-18(22)20-12-14-4-10-17(24-3)11-5-14/h4-11H,12-13H2,1-3H3,(H,20,22). The third kappa shape index (κ3) is 5.53. The lowest BCUT2D eigenvalue weighted by molar-refractivity contribution is -0.124. The van der Waals surface area contributed by atoms with Gasteiger partial charge in [-0.15, -0.1) is 0 Å². The van der Waals surface area contributed by atoms with Crippen LogP contribution in [0.3, 0.4) is 0 Å². The van der Waals surface area contributed by atoms with E-state index < -0.39 is 5.97 Å². The second-order valence-corrected chi connectivity index (χ2v) is 5.64. The molecule has 2 aromatic carbocycles. The summed E-state index contributed by atoms with van der Waals surface area (Å²) in [5, 5.41) is 2.70. The number of carbonyl (C=O) groups is 2. The fraction of sp³-hybridized carbons (Fsp3) is 0.263. The molecule has 132 valence electrons. The largest absolute Gasteiger partial charge is 0.497 e. The van der Waals surface area contributed by atoms with E-state index in [1.165, 1.54) is 0 Å². The maximum atomic E-state index is 11.9. The minimum absolute atomic E-state index is 0.315. The first kappa shape index (κ1) is 18.3. The van der Waals surface area contributed by atoms with Crippen molar-refractivity contribution in [3.05, 3.63) is 59.7 Å². The van der Waals surface area contributed by atoms with E-state index in [4.69, 9.17) is 9.47 Å². The number of hydrogen-bond donors (Lipinski definition) is 1. The molecule has 0 spiro atoms. The van der Waals surface area contributed by atoms with E-state index >= 15 is 0 Å². The van der Waals surface area contributed by atoms with E-state index in [0.29, 0.717) is 12.1 Å². The molecule has 0 atom stereocenters. The van der Waals surface area contributed by atoms with E-state index in [1.807, 2.05) is 55.4 Å². The van der Waals surface area contributed by atoms with Crippen molar-refractivity contribution in [2.75, 3.05) is 32.7 Å². The normalized spacial score (nSPS) is 10.0. The van der Waals surface area contributed by atoms with Crippen molar-refractivity contribution in [1.82, 2.24) is 5.32 Å². The monoisotopic (exact) mass is 342 g/mol. The molecule has 1 N–H and O–H groups in total. The van der Waals surface area contributed by atoms with Crippen LogP contribution in [-0.4, -0.2) is 39.7 Å². The van der Waals surface area contributed by atoms with Gasteiger partial charge in [0.2, 0.25) is 0 Å². The van der Waals surface area contributed by atoms with Gasteiger partial charge in [0, 0.05) is 26.3 Å². The number of benzene rings is 2. The molecule has 0 unspecified atom stereocenters. The van der Waals surface area contributed by atoms with Crippen LogP contribution < -0.4 is 15.0 Å². The molecule has 0 aliphatic heterocycles. The Morgan fingerprint density at radius 1 is 1.00 bits per heavy atom. The first-order valence-corrected chi connectivity index (χ1v) is 7.83. The third-order valence-corrected chi connectivity index (χ3v) is 3.60. The number of methoxy groups -OCH3 is 1. The number of anilines is 1. The average molecular weight is 342 g/mol. The highest BCUT2D eigenvalue weighted by molar-refractivity contribution is 5.91. The molecule has 1 amide bonds. The fourth-order valence-electron chi connectivity index (χ4n) is 2.11. The van der Waals surface area contributed by atoms with E-state index in [2.05, 4.69) is 5.32 Å². The van der Waals surface area contributed by atoms with Crippen molar-refractivity contribution < 1.29 is 19.1 Å². The summed E-state index contributed by atoms with van der Waals surface area (Å²) in [6.45, 7) is 0.0440. The van der Waals surface area contributed by atoms with Gasteiger partial charge in [-0.3, -0.25) is 4.79 Å². The van der Waals surface area contributed by atoms with Gasteiger partial charge >= 0.3 is 5.97 Å². The van der Waals surface area contributed by atoms with Gasteiger partial charge in [0.15, 0.2) is 6.61 Å². The van der Waals surface area contributed by atoms with E-state index in [1.54, 1.807) is 19.2 Å². The Bertz CT molecular complexity index is 709. The molecular weight excluding hydrogens is 320 g/mol. The SMILES string of the molecule is COc1ccc(CNC(=O)COC(=O)c2ccc(N(C)C)cc2)cc1. The van der Waals surface area contributed by atoms with Crippen LogP contribution in [-0.2, 0) is 16.1 Å². The molecule has 0 radical (unpaired) electrons. The Morgan fingerprint density at radius 3 is 2.20 bits per heavy atom. The van der Waals surface area contributed by atoms with E-state index in [0.717, 1.165) is 17.0 Å². The van der Waals surface area contributed by atoms with Gasteiger partial charge in [-0.2, -0.15) is 0 Å². The third-order valence-electron chi connectivity index (χ3n) is 3.60. The molecule has 0 aliphatic rings. The molecule has 25 heavy (non-hydrogen) atoms. The van der Waals surface area contributed by atoms with Crippen molar-refractivity contribution in [3.8, 4) is 5.75 Å². The fourth-order valence-corrected chi connectivity index (χ4v) is 2.11. The second-order valence-electron chi connectivity index (χ2n) is 5.64. The summed E-state index contributed by atoms with van der Waals surface area (Å²) in [5.41, 5.74) is 2.32. The van der Waals surface area contributed by atoms with E-state index in [-0.39, 0.29) is 12.5 Å². The zero-order valence-electron chi connectivity index (χ0n) is 14.6. The summed E-state index contributed by atoms with van der Waals surface area (Å²) in [6.07, 6.45) is 0. The second kappa shape index (κ2) is 8.73. The molecule has 6 nitrogen and oxygen atoms in total. The predicted molar refractivity (Wildman–Crippen MR) is 95.9 cm³/mol. The van der Waals surface area contributed by atoms with Gasteiger partial charge in [-0.25, -0.2) is 4.79 Å². The van der Waals surface area contributed by atoms with Crippen LogP contribution in [0.4, 0.5) is 5.69 Å². The molecule has 0 bridgehead atoms. The molecule has 0 saturated carbocycles. The number of amides is 1. The maximum absolute atomic E-state index is 11.9. The van der Waals surface area contributed by atoms with Gasteiger partial charge in [0.25, 0.3) is 5.91 Å². The lowest BCUT2D eigenvalue weighted by atomic mass is 10.2. The predicted octanol–water partition coefficient (Wildman–Crippen LogP) is 2.23. The van der Waals surface area contributed by atoms with Gasteiger partial charge < -0.3 is 19.7 Å². The van der Waals surface area contributed by atoms with E-state index in [9.17, 15) is 9.59 Å². The summed E-state index contributed by atoms with van der Waals surface area (Å²) in [6, 6.07) is 14.3. The van der Waals surface area contributed by atoms with Crippen LogP contribution in [0.2, 0.25) is 0 Å². The maximum Gasteiger partial charge on any atom is 0.338 e. The number of esters is 1. The number of nitrogens with one attached hydrogen (secondary N) is 1. The van der Waals surface area contributed by atoms with Crippen molar-refractivity contribution in [2.45, 2.75) is 6.54 Å². The number of rotatable bonds is 7. The Labute approximate surface area is 147 Å². The topological polar surface area (TPSA) is 67.9 Å². The zero-order chi connectivity index (χ0) is 18.2. The highest BCUT2D eigenvalue weighted by Gasteiger charge is 2.10. The van der Waals surface area contributed by atoms with Crippen LogP contribution >= 0.6 is 0 Å². The molecule has 0 fully saturated rings. The van der Waals surface area contributed by atoms with Crippen LogP contribution in [0.25, 0.3) is 0 Å². The lowest BCUT2D eigenvalue weighted by Gasteiger charge is -2.12. The van der Waals surface area contributed by atoms with Crippen LogP contribution in [0.1, 0.15) is 15.9 Å². The number of ether oxygens (including phenoxy) is 2. The highest BCUT2D eigenvalue weighted by Crippen LogP contribution is 2.13. The van der Waals surface area contributed by atoms with Gasteiger partial charge in [-0.05, 0) is 42.0 Å². The smallest absolute Gasteiger partial charge is 0.338 e. The van der Waals surface area contributed by atoms with Crippen molar-refractivity contribution >= 4 is 17.6 Å². The molecule has 0 heterocycles. The summed E-state index contributed by atoms with van der Waals surface area (Å²) in [5.74, 6) is -0.122. The summed E-state index contributed by atoms with van der Waals surface area (Å²) >= 11 is 0. The summed E-state index contributed by atoms with van der Waals surface area (Å²) < 4.78 is 10.1. The van der Waals surface area contributed by atoms with Gasteiger partial charge in [0.05, 0.1) is 12.7 Å². The number of hydrogen-bond acceptors (Lipinski definition) is 5. The molecule has 0 aliphatic carbocycles. The molecule has 6 heteroatoms. The lowest BCUT2D eigenvalue weighted by Crippen LogP contribution is -2.28. The number of carbonyl (C=O) groups excluding carboxylic acids is 2. The Morgan fingerprint density at radius 2 is 1.64 bits per heavy atom. The Kier molecular flexibility index (Phi) is 6.39. The number of nitrogens with zero attached hydrogens (tertiary/aromatic N) is 1. The molecule has 0 aromatic heterocycles. The zero-order valence-corrected chi connectivity index (χ0v) is 14.6. The van der Waals surface area contributed by atoms with Gasteiger partial charge in [0.1, 0.15) is 5.75 Å². The van der Waals surface area contributed by atoms with Crippen LogP contribution in [0.15, 0.2) is 48.5 Å². The Balaban J connectivity index is 1.77. The molecule has 0 saturated heterocycles. The van der Waals surface area contributed by atoms with Crippen molar-refractivity contribution in [3.63, 3.8) is 0 Å². The van der Waals surface area contributed by atoms with Crippen molar-refractivity contribution in [1.29, 1.82) is 0 Å². The quantitative estimate of drug-likeness (QED) is 0.782. The van der Waals surface area contributed by atoms with Gasteiger partial charge in [-0.1, -0.05) is 12.1 Å². The minimum atomic E-state index is -0.523. The molecular formula is C19H22N2O4. The average Bonchev–Trinajstić information content (AvgIpc) is 2.64. The molecule has 2 aromatic rings.